The van der Waals surface area contributed by atoms with Gasteiger partial charge in [0, 0.05) is 49.4 Å². The largest absolute Gasteiger partial charge is 0.377 e. The van der Waals surface area contributed by atoms with Crippen molar-refractivity contribution in [2.45, 2.75) is 37.8 Å². The molecule has 0 saturated heterocycles. The second kappa shape index (κ2) is 11.2. The van der Waals surface area contributed by atoms with Gasteiger partial charge in [0.1, 0.15) is 12.4 Å². The van der Waals surface area contributed by atoms with Crippen LogP contribution < -0.4 is 11.1 Å². The fourth-order valence-corrected chi connectivity index (χ4v) is 3.27. The van der Waals surface area contributed by atoms with Gasteiger partial charge in [-0.25, -0.2) is 9.97 Å². The van der Waals surface area contributed by atoms with E-state index < -0.39 is 0 Å². The van der Waals surface area contributed by atoms with Gasteiger partial charge >= 0.3 is 0 Å². The number of nitrogens with two attached hydrogens (primary N) is 1. The average Bonchev–Trinajstić information content (AvgIpc) is 3.15. The van der Waals surface area contributed by atoms with Crippen LogP contribution in [0.25, 0.3) is 11.5 Å². The maximum absolute atomic E-state index is 5.92. The van der Waals surface area contributed by atoms with Gasteiger partial charge in [-0.2, -0.15) is 4.98 Å². The van der Waals surface area contributed by atoms with Crippen molar-refractivity contribution in [3.8, 4) is 11.5 Å². The Kier molecular flexibility index (Phi) is 8.98. The predicted octanol–water partition coefficient (Wildman–Crippen LogP) is 3.38. The van der Waals surface area contributed by atoms with Crippen LogP contribution in [0, 0.1) is 0 Å². The van der Waals surface area contributed by atoms with Crippen molar-refractivity contribution in [1.82, 2.24) is 20.1 Å². The molecule has 2 aromatic heterocycles. The van der Waals surface area contributed by atoms with E-state index in [-0.39, 0.29) is 30.9 Å². The number of benzene rings is 1. The number of anilines is 1. The fourth-order valence-electron chi connectivity index (χ4n) is 3.27. The van der Waals surface area contributed by atoms with Gasteiger partial charge in [0.2, 0.25) is 0 Å². The second-order valence-corrected chi connectivity index (χ2v) is 7.01. The number of aromatic nitrogens is 4. The van der Waals surface area contributed by atoms with Crippen molar-refractivity contribution in [3.63, 3.8) is 0 Å². The lowest BCUT2D eigenvalue weighted by atomic mass is 9.78. The lowest BCUT2D eigenvalue weighted by Gasteiger charge is -2.32. The minimum Gasteiger partial charge on any atom is -0.377 e. The predicted molar refractivity (Wildman–Crippen MR) is 119 cm³/mol. The Labute approximate surface area is 187 Å². The van der Waals surface area contributed by atoms with E-state index in [0.29, 0.717) is 43.0 Å². The van der Waals surface area contributed by atoms with Crippen LogP contribution in [0.15, 0.2) is 40.9 Å². The summed E-state index contributed by atoms with van der Waals surface area (Å²) in [5.41, 5.74) is 7.86. The molecule has 162 valence electrons. The van der Waals surface area contributed by atoms with Crippen molar-refractivity contribution in [2.24, 2.45) is 5.73 Å². The third kappa shape index (κ3) is 5.89. The number of nitrogens with zero attached hydrogens (tertiary/aromatic N) is 4. The summed E-state index contributed by atoms with van der Waals surface area (Å²) >= 11 is 0. The Morgan fingerprint density at radius 2 is 1.87 bits per heavy atom. The average molecular weight is 453 g/mol. The number of rotatable bonds is 8. The lowest BCUT2D eigenvalue weighted by Crippen LogP contribution is -2.35. The molecule has 4 rings (SSSR count). The lowest BCUT2D eigenvalue weighted by molar-refractivity contribution is 0.177. The Balaban J connectivity index is 0.00000160. The monoisotopic (exact) mass is 452 g/mol. The minimum absolute atomic E-state index is 0. The normalized spacial score (nSPS) is 17.4. The van der Waals surface area contributed by atoms with Crippen LogP contribution in [0.1, 0.15) is 36.1 Å². The number of ether oxygens (including phenoxy) is 1. The number of hydrogen-bond donors (Lipinski definition) is 2. The molecule has 8 nitrogen and oxygen atoms in total. The van der Waals surface area contributed by atoms with Crippen LogP contribution in [0.3, 0.4) is 0 Å². The summed E-state index contributed by atoms with van der Waals surface area (Å²) in [5, 5.41) is 7.39. The Morgan fingerprint density at radius 1 is 1.10 bits per heavy atom. The molecule has 1 fully saturated rings. The third-order valence-electron chi connectivity index (χ3n) is 4.80. The van der Waals surface area contributed by atoms with E-state index in [1.807, 2.05) is 36.4 Å². The summed E-state index contributed by atoms with van der Waals surface area (Å²) in [6, 6.07) is 12.0. The third-order valence-corrected chi connectivity index (χ3v) is 4.80. The summed E-state index contributed by atoms with van der Waals surface area (Å²) in [6.07, 6.45) is 2.56. The Bertz CT molecular complexity index is 919. The highest BCUT2D eigenvalue weighted by atomic mass is 35.5. The zero-order valence-corrected chi connectivity index (χ0v) is 18.3. The van der Waals surface area contributed by atoms with Gasteiger partial charge in [0.25, 0.3) is 5.89 Å². The summed E-state index contributed by atoms with van der Waals surface area (Å²) < 4.78 is 10.5. The summed E-state index contributed by atoms with van der Waals surface area (Å²) in [7, 11) is 1.64. The molecule has 2 heterocycles. The van der Waals surface area contributed by atoms with Crippen LogP contribution in [-0.2, 0) is 17.8 Å². The molecular formula is C20H26Cl2N6O2. The molecule has 1 aliphatic rings. The first-order valence-corrected chi connectivity index (χ1v) is 9.45. The van der Waals surface area contributed by atoms with E-state index in [9.17, 15) is 0 Å². The van der Waals surface area contributed by atoms with E-state index in [2.05, 4.69) is 25.4 Å². The van der Waals surface area contributed by atoms with Gasteiger partial charge in [0.15, 0.2) is 11.6 Å². The number of hydrogen-bond acceptors (Lipinski definition) is 8. The molecule has 1 aromatic carbocycles. The van der Waals surface area contributed by atoms with Crippen LogP contribution in [-0.4, -0.2) is 39.8 Å². The fraction of sp³-hybridized carbons (Fsp3) is 0.400. The smallest absolute Gasteiger partial charge is 0.257 e. The number of nitrogens with one attached hydrogen (secondary N) is 1. The molecule has 1 saturated carbocycles. The van der Waals surface area contributed by atoms with Gasteiger partial charge in [-0.3, -0.25) is 0 Å². The molecule has 0 bridgehead atoms. The highest BCUT2D eigenvalue weighted by Gasteiger charge is 2.29. The van der Waals surface area contributed by atoms with Crippen molar-refractivity contribution in [2.75, 3.05) is 19.0 Å². The van der Waals surface area contributed by atoms with Crippen LogP contribution >= 0.6 is 24.8 Å². The zero-order chi connectivity index (χ0) is 19.3. The molecule has 30 heavy (non-hydrogen) atoms. The SMILES string of the molecule is COCc1nc(NCCc2noc(-c3ccccc3)n2)cc(C2CC(N)C2)n1.Cl.Cl. The number of halogens is 2. The van der Waals surface area contributed by atoms with E-state index in [0.717, 1.165) is 29.9 Å². The first-order chi connectivity index (χ1) is 13.7. The molecule has 0 aliphatic heterocycles. The van der Waals surface area contributed by atoms with Crippen molar-refractivity contribution >= 4 is 30.6 Å². The summed E-state index contributed by atoms with van der Waals surface area (Å²) in [4.78, 5) is 13.6. The van der Waals surface area contributed by atoms with Gasteiger partial charge in [-0.15, -0.1) is 24.8 Å². The van der Waals surface area contributed by atoms with Gasteiger partial charge < -0.3 is 20.3 Å². The van der Waals surface area contributed by atoms with Crippen molar-refractivity contribution < 1.29 is 9.26 Å². The summed E-state index contributed by atoms with van der Waals surface area (Å²) in [6.45, 7) is 1.02. The first-order valence-electron chi connectivity index (χ1n) is 9.45. The van der Waals surface area contributed by atoms with E-state index >= 15 is 0 Å². The molecule has 0 spiro atoms. The molecule has 0 amide bonds. The molecule has 10 heteroatoms. The van der Waals surface area contributed by atoms with Gasteiger partial charge in [-0.05, 0) is 25.0 Å². The van der Waals surface area contributed by atoms with Crippen LogP contribution in [0.2, 0.25) is 0 Å². The molecule has 0 radical (unpaired) electrons. The second-order valence-electron chi connectivity index (χ2n) is 7.01. The standard InChI is InChI=1S/C20H24N6O2.2ClH/c1-27-12-19-23-16(14-9-15(21)10-14)11-18(24-19)22-8-7-17-25-20(28-26-17)13-5-3-2-4-6-13;;/h2-6,11,14-15H,7-10,12,21H2,1H3,(H,22,23,24);2*1H. The maximum atomic E-state index is 5.92. The molecule has 0 atom stereocenters. The molecule has 0 unspecified atom stereocenters. The molecule has 3 aromatic rings. The van der Waals surface area contributed by atoms with Crippen molar-refractivity contribution in [1.29, 1.82) is 0 Å². The van der Waals surface area contributed by atoms with E-state index in [1.165, 1.54) is 0 Å². The summed E-state index contributed by atoms with van der Waals surface area (Å²) in [5.74, 6) is 3.05. The van der Waals surface area contributed by atoms with Crippen molar-refractivity contribution in [3.05, 3.63) is 53.7 Å². The van der Waals surface area contributed by atoms with E-state index in [1.54, 1.807) is 7.11 Å². The molecular weight excluding hydrogens is 427 g/mol. The van der Waals surface area contributed by atoms with E-state index in [4.69, 9.17) is 15.0 Å². The minimum atomic E-state index is 0. The Hall–Kier alpha value is -2.26. The van der Waals surface area contributed by atoms with Crippen LogP contribution in [0.4, 0.5) is 5.82 Å². The quantitative estimate of drug-likeness (QED) is 0.534. The van der Waals surface area contributed by atoms with Crippen LogP contribution in [0.5, 0.6) is 0 Å². The zero-order valence-electron chi connectivity index (χ0n) is 16.7. The molecule has 1 aliphatic carbocycles. The highest BCUT2D eigenvalue weighted by Crippen LogP contribution is 2.35. The number of methoxy groups -OCH3 is 1. The Morgan fingerprint density at radius 3 is 2.57 bits per heavy atom. The topological polar surface area (TPSA) is 112 Å². The molecule has 3 N–H and O–H groups in total. The van der Waals surface area contributed by atoms with Gasteiger partial charge in [-0.1, -0.05) is 23.4 Å². The van der Waals surface area contributed by atoms with Gasteiger partial charge in [0.05, 0.1) is 0 Å². The highest BCUT2D eigenvalue weighted by molar-refractivity contribution is 5.85. The maximum Gasteiger partial charge on any atom is 0.257 e. The first kappa shape index (κ1) is 24.0.